The van der Waals surface area contributed by atoms with Gasteiger partial charge in [0.15, 0.2) is 0 Å². The molecule has 0 fully saturated rings. The van der Waals surface area contributed by atoms with Crippen LogP contribution in [0, 0.1) is 0 Å². The van der Waals surface area contributed by atoms with Gasteiger partial charge in [0.1, 0.15) is 18.2 Å². The fourth-order valence-electron chi connectivity index (χ4n) is 2.34. The van der Waals surface area contributed by atoms with Gasteiger partial charge in [-0.1, -0.05) is 48.5 Å². The molecule has 3 rings (SSSR count). The number of anilines is 1. The van der Waals surface area contributed by atoms with Crippen LogP contribution < -0.4 is 10.1 Å². The molecular weight excluding hydrogens is 316 g/mol. The average Bonchev–Trinajstić information content (AvgIpc) is 2.66. The lowest BCUT2D eigenvalue weighted by Crippen LogP contribution is -2.05. The number of nitrogens with zero attached hydrogens (tertiary/aromatic N) is 1. The van der Waals surface area contributed by atoms with Crippen molar-refractivity contribution >= 4 is 11.8 Å². The Labute approximate surface area is 145 Å². The van der Waals surface area contributed by atoms with Crippen molar-refractivity contribution in [3.05, 3.63) is 89.6 Å². The molecule has 0 unspecified atom stereocenters. The molecule has 1 heterocycles. The number of carbonyl (C=O) groups is 1. The molecule has 3 aromatic rings. The maximum absolute atomic E-state index is 10.8. The number of carboxylic acid groups (broad SMARTS) is 1. The molecule has 25 heavy (non-hydrogen) atoms. The normalized spacial score (nSPS) is 10.2. The highest BCUT2D eigenvalue weighted by Gasteiger charge is 2.06. The highest BCUT2D eigenvalue weighted by Crippen LogP contribution is 2.20. The highest BCUT2D eigenvalue weighted by molar-refractivity contribution is 5.87. The second kappa shape index (κ2) is 7.97. The van der Waals surface area contributed by atoms with Crippen molar-refractivity contribution in [3.8, 4) is 5.75 Å². The fraction of sp³-hybridized carbons (Fsp3) is 0.100. The Morgan fingerprint density at radius 2 is 1.76 bits per heavy atom. The maximum Gasteiger partial charge on any atom is 0.337 e. The number of nitrogens with one attached hydrogen (secondary N) is 1. The SMILES string of the molecule is O=C(O)c1ccc(NCc2ccccc2OCc2ccccc2)nc1. The smallest absolute Gasteiger partial charge is 0.337 e. The van der Waals surface area contributed by atoms with E-state index in [9.17, 15) is 4.79 Å². The third kappa shape index (κ3) is 4.57. The summed E-state index contributed by atoms with van der Waals surface area (Å²) in [6.45, 7) is 1.04. The van der Waals surface area contributed by atoms with Gasteiger partial charge in [0.25, 0.3) is 0 Å². The first kappa shape index (κ1) is 16.5. The summed E-state index contributed by atoms with van der Waals surface area (Å²) in [5.41, 5.74) is 2.27. The molecule has 5 nitrogen and oxygen atoms in total. The Bertz CT molecular complexity index is 833. The molecule has 0 aliphatic heterocycles. The molecule has 2 N–H and O–H groups in total. The Morgan fingerprint density at radius 1 is 1.00 bits per heavy atom. The largest absolute Gasteiger partial charge is 0.489 e. The van der Waals surface area contributed by atoms with Crippen molar-refractivity contribution in [2.24, 2.45) is 0 Å². The monoisotopic (exact) mass is 334 g/mol. The number of hydrogen-bond acceptors (Lipinski definition) is 4. The molecule has 0 saturated heterocycles. The van der Waals surface area contributed by atoms with E-state index in [1.54, 1.807) is 6.07 Å². The molecular formula is C20H18N2O3. The van der Waals surface area contributed by atoms with Crippen molar-refractivity contribution in [1.29, 1.82) is 0 Å². The van der Waals surface area contributed by atoms with Gasteiger partial charge >= 0.3 is 5.97 Å². The number of ether oxygens (including phenoxy) is 1. The summed E-state index contributed by atoms with van der Waals surface area (Å²) in [4.78, 5) is 15.0. The van der Waals surface area contributed by atoms with Gasteiger partial charge in [-0.15, -0.1) is 0 Å². The van der Waals surface area contributed by atoms with E-state index in [0.29, 0.717) is 19.0 Å². The van der Waals surface area contributed by atoms with Gasteiger partial charge in [-0.3, -0.25) is 0 Å². The number of hydrogen-bond donors (Lipinski definition) is 2. The summed E-state index contributed by atoms with van der Waals surface area (Å²) in [6.07, 6.45) is 1.34. The van der Waals surface area contributed by atoms with Gasteiger partial charge in [0, 0.05) is 18.3 Å². The summed E-state index contributed by atoms with van der Waals surface area (Å²) in [7, 11) is 0. The topological polar surface area (TPSA) is 71.5 Å². The van der Waals surface area contributed by atoms with Gasteiger partial charge in [0.05, 0.1) is 5.56 Å². The quantitative estimate of drug-likeness (QED) is 0.684. The van der Waals surface area contributed by atoms with E-state index >= 15 is 0 Å². The molecule has 0 radical (unpaired) electrons. The standard InChI is InChI=1S/C20H18N2O3/c23-20(24)17-10-11-19(22-13-17)21-12-16-8-4-5-9-18(16)25-14-15-6-2-1-3-7-15/h1-11,13H,12,14H2,(H,21,22)(H,23,24). The van der Waals surface area contributed by atoms with Crippen LogP contribution in [0.1, 0.15) is 21.5 Å². The maximum atomic E-state index is 10.8. The lowest BCUT2D eigenvalue weighted by atomic mass is 10.2. The van der Waals surface area contributed by atoms with E-state index in [1.165, 1.54) is 12.3 Å². The minimum atomic E-state index is -0.987. The summed E-state index contributed by atoms with van der Waals surface area (Å²) in [6, 6.07) is 21.0. The zero-order chi connectivity index (χ0) is 17.5. The highest BCUT2D eigenvalue weighted by atomic mass is 16.5. The van der Waals surface area contributed by atoms with Crippen LogP contribution in [0.5, 0.6) is 5.75 Å². The van der Waals surface area contributed by atoms with Crippen molar-refractivity contribution in [1.82, 2.24) is 4.98 Å². The first-order valence-electron chi connectivity index (χ1n) is 7.90. The molecule has 126 valence electrons. The zero-order valence-electron chi connectivity index (χ0n) is 13.6. The van der Waals surface area contributed by atoms with Crippen LogP contribution in [0.15, 0.2) is 72.9 Å². The van der Waals surface area contributed by atoms with E-state index in [1.807, 2.05) is 54.6 Å². The van der Waals surface area contributed by atoms with Crippen molar-refractivity contribution in [3.63, 3.8) is 0 Å². The minimum absolute atomic E-state index is 0.164. The van der Waals surface area contributed by atoms with Crippen LogP contribution in [0.4, 0.5) is 5.82 Å². The summed E-state index contributed by atoms with van der Waals surface area (Å²) in [5.74, 6) is 0.433. The van der Waals surface area contributed by atoms with Crippen LogP contribution in [0.2, 0.25) is 0 Å². The van der Waals surface area contributed by atoms with Gasteiger partial charge < -0.3 is 15.2 Å². The third-order valence-corrected chi connectivity index (χ3v) is 3.68. The zero-order valence-corrected chi connectivity index (χ0v) is 13.6. The second-order valence-corrected chi connectivity index (χ2v) is 5.47. The molecule has 0 amide bonds. The molecule has 0 spiro atoms. The second-order valence-electron chi connectivity index (χ2n) is 5.47. The number of rotatable bonds is 7. The molecule has 5 heteroatoms. The van der Waals surface area contributed by atoms with E-state index in [2.05, 4.69) is 10.3 Å². The summed E-state index contributed by atoms with van der Waals surface area (Å²) >= 11 is 0. The van der Waals surface area contributed by atoms with Crippen molar-refractivity contribution in [2.45, 2.75) is 13.2 Å². The predicted octanol–water partition coefficient (Wildman–Crippen LogP) is 3.97. The number of para-hydroxylation sites is 1. The average molecular weight is 334 g/mol. The van der Waals surface area contributed by atoms with Gasteiger partial charge in [0.2, 0.25) is 0 Å². The molecule has 1 aromatic heterocycles. The number of carboxylic acids is 1. The number of aromatic nitrogens is 1. The number of pyridine rings is 1. The first-order valence-corrected chi connectivity index (χ1v) is 7.90. The van der Waals surface area contributed by atoms with E-state index < -0.39 is 5.97 Å². The molecule has 0 atom stereocenters. The third-order valence-electron chi connectivity index (χ3n) is 3.68. The van der Waals surface area contributed by atoms with E-state index in [0.717, 1.165) is 16.9 Å². The van der Waals surface area contributed by atoms with Crippen LogP contribution in [-0.4, -0.2) is 16.1 Å². The predicted molar refractivity (Wildman–Crippen MR) is 95.7 cm³/mol. The Kier molecular flexibility index (Phi) is 5.26. The lowest BCUT2D eigenvalue weighted by Gasteiger charge is -2.12. The van der Waals surface area contributed by atoms with Gasteiger partial charge in [-0.2, -0.15) is 0 Å². The molecule has 0 saturated carbocycles. The Balaban J connectivity index is 1.63. The van der Waals surface area contributed by atoms with Crippen molar-refractivity contribution < 1.29 is 14.6 Å². The van der Waals surface area contributed by atoms with Crippen molar-refractivity contribution in [2.75, 3.05) is 5.32 Å². The lowest BCUT2D eigenvalue weighted by molar-refractivity contribution is 0.0696. The van der Waals surface area contributed by atoms with E-state index in [4.69, 9.17) is 9.84 Å². The Hall–Kier alpha value is -3.34. The molecule has 2 aromatic carbocycles. The number of aromatic carboxylic acids is 1. The summed E-state index contributed by atoms with van der Waals surface area (Å²) < 4.78 is 5.92. The van der Waals surface area contributed by atoms with Crippen LogP contribution in [0.3, 0.4) is 0 Å². The van der Waals surface area contributed by atoms with Gasteiger partial charge in [-0.25, -0.2) is 9.78 Å². The molecule has 0 bridgehead atoms. The number of benzene rings is 2. The van der Waals surface area contributed by atoms with Crippen LogP contribution >= 0.6 is 0 Å². The first-order chi connectivity index (χ1) is 12.2. The van der Waals surface area contributed by atoms with Crippen LogP contribution in [0.25, 0.3) is 0 Å². The van der Waals surface area contributed by atoms with Crippen LogP contribution in [-0.2, 0) is 13.2 Å². The molecule has 0 aliphatic carbocycles. The minimum Gasteiger partial charge on any atom is -0.489 e. The van der Waals surface area contributed by atoms with Gasteiger partial charge in [-0.05, 0) is 23.8 Å². The Morgan fingerprint density at radius 3 is 2.48 bits per heavy atom. The molecule has 0 aliphatic rings. The van der Waals surface area contributed by atoms with E-state index in [-0.39, 0.29) is 5.56 Å². The fourth-order valence-corrected chi connectivity index (χ4v) is 2.34. The summed E-state index contributed by atoms with van der Waals surface area (Å²) in [5, 5.41) is 12.1.